The monoisotopic (exact) mass is 225 g/mol. The summed E-state index contributed by atoms with van der Waals surface area (Å²) < 4.78 is 0. The van der Waals surface area contributed by atoms with Gasteiger partial charge in [-0.15, -0.1) is 0 Å². The number of unbranched alkanes of at least 4 members (excludes halogenated alkanes) is 2. The van der Waals surface area contributed by atoms with Gasteiger partial charge in [-0.3, -0.25) is 0 Å². The van der Waals surface area contributed by atoms with Crippen LogP contribution in [0.25, 0.3) is 0 Å². The van der Waals surface area contributed by atoms with Crippen molar-refractivity contribution in [1.29, 1.82) is 0 Å². The van der Waals surface area contributed by atoms with E-state index in [0.29, 0.717) is 0 Å². The van der Waals surface area contributed by atoms with Gasteiger partial charge in [0, 0.05) is 5.54 Å². The second-order valence-corrected chi connectivity index (χ2v) is 6.58. The minimum absolute atomic E-state index is 0.288. The molecule has 1 rings (SSSR count). The van der Waals surface area contributed by atoms with E-state index in [0.717, 1.165) is 11.8 Å². The Labute approximate surface area is 102 Å². The Morgan fingerprint density at radius 1 is 1.06 bits per heavy atom. The Balaban J connectivity index is 2.23. The van der Waals surface area contributed by atoms with Crippen LogP contribution in [0.2, 0.25) is 0 Å². The molecule has 0 bridgehead atoms. The van der Waals surface area contributed by atoms with Gasteiger partial charge in [-0.25, -0.2) is 0 Å². The van der Waals surface area contributed by atoms with Crippen molar-refractivity contribution in [1.82, 2.24) is 5.32 Å². The fraction of sp³-hybridized carbons (Fsp3) is 1.00. The maximum absolute atomic E-state index is 3.68. The molecule has 0 heterocycles. The molecule has 0 radical (unpaired) electrons. The highest BCUT2D eigenvalue weighted by molar-refractivity contribution is 4.82. The summed E-state index contributed by atoms with van der Waals surface area (Å²) in [5.74, 6) is 1.97. The van der Waals surface area contributed by atoms with Crippen molar-refractivity contribution in [3.05, 3.63) is 0 Å². The first-order valence-corrected chi connectivity index (χ1v) is 7.28. The third-order valence-electron chi connectivity index (χ3n) is 3.89. The number of hydrogen-bond acceptors (Lipinski definition) is 1. The minimum Gasteiger partial charge on any atom is -0.312 e. The predicted octanol–water partition coefficient (Wildman–Crippen LogP) is 4.37. The van der Waals surface area contributed by atoms with Crippen molar-refractivity contribution in [3.63, 3.8) is 0 Å². The number of nitrogens with one attached hydrogen (secondary N) is 1. The van der Waals surface area contributed by atoms with Gasteiger partial charge >= 0.3 is 0 Å². The molecule has 0 aromatic carbocycles. The molecule has 0 saturated heterocycles. The lowest BCUT2D eigenvalue weighted by Gasteiger charge is -2.26. The third kappa shape index (κ3) is 5.34. The smallest absolute Gasteiger partial charge is 0.00966 e. The van der Waals surface area contributed by atoms with Crippen LogP contribution in [0, 0.1) is 11.8 Å². The van der Waals surface area contributed by atoms with E-state index in [2.05, 4.69) is 33.0 Å². The molecule has 1 N–H and O–H groups in total. The van der Waals surface area contributed by atoms with Crippen LogP contribution in [0.3, 0.4) is 0 Å². The zero-order chi connectivity index (χ0) is 12.0. The molecule has 0 aliphatic heterocycles. The van der Waals surface area contributed by atoms with Crippen LogP contribution >= 0.6 is 0 Å². The lowest BCUT2D eigenvalue weighted by Crippen LogP contribution is -2.39. The Morgan fingerprint density at radius 2 is 1.75 bits per heavy atom. The molecular formula is C15H31N. The van der Waals surface area contributed by atoms with Gasteiger partial charge in [0.2, 0.25) is 0 Å². The summed E-state index contributed by atoms with van der Waals surface area (Å²) in [7, 11) is 0. The van der Waals surface area contributed by atoms with E-state index in [1.807, 2.05) is 0 Å². The maximum Gasteiger partial charge on any atom is 0.00966 e. The number of rotatable bonds is 6. The average molecular weight is 225 g/mol. The summed E-state index contributed by atoms with van der Waals surface area (Å²) in [5, 5.41) is 3.68. The van der Waals surface area contributed by atoms with Crippen molar-refractivity contribution in [2.45, 2.75) is 78.2 Å². The van der Waals surface area contributed by atoms with E-state index in [1.54, 1.807) is 0 Å². The van der Waals surface area contributed by atoms with E-state index < -0.39 is 0 Å². The van der Waals surface area contributed by atoms with Crippen molar-refractivity contribution < 1.29 is 0 Å². The SMILES string of the molecule is CCCCCC1CCCC1CNC(C)(C)C. The number of hydrogen-bond donors (Lipinski definition) is 1. The van der Waals surface area contributed by atoms with Gasteiger partial charge in [0.1, 0.15) is 0 Å². The van der Waals surface area contributed by atoms with E-state index in [1.165, 1.54) is 51.5 Å². The van der Waals surface area contributed by atoms with Crippen molar-refractivity contribution in [2.75, 3.05) is 6.54 Å². The van der Waals surface area contributed by atoms with Crippen LogP contribution in [0.5, 0.6) is 0 Å². The normalized spacial score (nSPS) is 26.2. The van der Waals surface area contributed by atoms with E-state index in [-0.39, 0.29) is 5.54 Å². The average Bonchev–Trinajstić information content (AvgIpc) is 2.62. The first-order valence-electron chi connectivity index (χ1n) is 7.28. The predicted molar refractivity (Wildman–Crippen MR) is 72.7 cm³/mol. The second-order valence-electron chi connectivity index (χ2n) is 6.58. The maximum atomic E-state index is 3.68. The van der Waals surface area contributed by atoms with Crippen LogP contribution in [-0.4, -0.2) is 12.1 Å². The Kier molecular flexibility index (Phi) is 5.82. The molecule has 0 aromatic heterocycles. The Morgan fingerprint density at radius 3 is 2.38 bits per heavy atom. The second kappa shape index (κ2) is 6.64. The standard InChI is InChI=1S/C15H31N/c1-5-6-7-9-13-10-8-11-14(13)12-16-15(2,3)4/h13-14,16H,5-12H2,1-4H3. The molecule has 1 fully saturated rings. The largest absolute Gasteiger partial charge is 0.312 e. The van der Waals surface area contributed by atoms with E-state index >= 15 is 0 Å². The molecule has 1 heteroatoms. The molecule has 0 amide bonds. The molecule has 16 heavy (non-hydrogen) atoms. The molecule has 0 aromatic rings. The zero-order valence-corrected chi connectivity index (χ0v) is 11.8. The van der Waals surface area contributed by atoms with E-state index in [9.17, 15) is 0 Å². The highest BCUT2D eigenvalue weighted by Crippen LogP contribution is 2.35. The fourth-order valence-electron chi connectivity index (χ4n) is 2.86. The topological polar surface area (TPSA) is 12.0 Å². The van der Waals surface area contributed by atoms with Crippen LogP contribution in [0.15, 0.2) is 0 Å². The molecule has 1 saturated carbocycles. The zero-order valence-electron chi connectivity index (χ0n) is 11.8. The van der Waals surface area contributed by atoms with Gasteiger partial charge in [-0.2, -0.15) is 0 Å². The summed E-state index contributed by atoms with van der Waals surface area (Å²) in [6, 6.07) is 0. The third-order valence-corrected chi connectivity index (χ3v) is 3.89. The summed E-state index contributed by atoms with van der Waals surface area (Å²) in [6.45, 7) is 10.4. The summed E-state index contributed by atoms with van der Waals surface area (Å²) in [6.07, 6.45) is 10.1. The summed E-state index contributed by atoms with van der Waals surface area (Å²) in [4.78, 5) is 0. The van der Waals surface area contributed by atoms with Crippen LogP contribution in [0.1, 0.15) is 72.6 Å². The van der Waals surface area contributed by atoms with E-state index in [4.69, 9.17) is 0 Å². The van der Waals surface area contributed by atoms with Gasteiger partial charge in [0.15, 0.2) is 0 Å². The van der Waals surface area contributed by atoms with Gasteiger partial charge in [-0.05, 0) is 45.6 Å². The van der Waals surface area contributed by atoms with Gasteiger partial charge < -0.3 is 5.32 Å². The van der Waals surface area contributed by atoms with Crippen molar-refractivity contribution >= 4 is 0 Å². The Hall–Kier alpha value is -0.0400. The Bertz CT molecular complexity index is 180. The summed E-state index contributed by atoms with van der Waals surface area (Å²) >= 11 is 0. The van der Waals surface area contributed by atoms with Crippen molar-refractivity contribution in [3.8, 4) is 0 Å². The molecule has 2 unspecified atom stereocenters. The lowest BCUT2D eigenvalue weighted by atomic mass is 9.90. The highest BCUT2D eigenvalue weighted by Gasteiger charge is 2.27. The molecule has 1 aliphatic rings. The van der Waals surface area contributed by atoms with Gasteiger partial charge in [0.05, 0.1) is 0 Å². The fourth-order valence-corrected chi connectivity index (χ4v) is 2.86. The van der Waals surface area contributed by atoms with Crippen LogP contribution in [0.4, 0.5) is 0 Å². The molecular weight excluding hydrogens is 194 g/mol. The van der Waals surface area contributed by atoms with Crippen LogP contribution in [-0.2, 0) is 0 Å². The molecule has 2 atom stereocenters. The van der Waals surface area contributed by atoms with Gasteiger partial charge in [0.25, 0.3) is 0 Å². The van der Waals surface area contributed by atoms with Crippen molar-refractivity contribution in [2.24, 2.45) is 11.8 Å². The molecule has 96 valence electrons. The first kappa shape index (κ1) is 14.0. The van der Waals surface area contributed by atoms with Gasteiger partial charge in [-0.1, -0.05) is 45.4 Å². The molecule has 1 aliphatic carbocycles. The molecule has 0 spiro atoms. The quantitative estimate of drug-likeness (QED) is 0.662. The first-order chi connectivity index (χ1) is 7.53. The highest BCUT2D eigenvalue weighted by atomic mass is 14.9. The van der Waals surface area contributed by atoms with Crippen LogP contribution < -0.4 is 5.32 Å². The minimum atomic E-state index is 0.288. The lowest BCUT2D eigenvalue weighted by molar-refractivity contribution is 0.301. The summed E-state index contributed by atoms with van der Waals surface area (Å²) in [5.41, 5.74) is 0.288. The molecule has 1 nitrogen and oxygen atoms in total.